The van der Waals surface area contributed by atoms with E-state index < -0.39 is 80.0 Å². The van der Waals surface area contributed by atoms with Crippen LogP contribution >= 0.6 is 23.2 Å². The molecule has 29 nitrogen and oxygen atoms in total. The van der Waals surface area contributed by atoms with Crippen LogP contribution in [0.25, 0.3) is 0 Å². The average Bonchev–Trinajstić information content (AvgIpc) is 3.51. The van der Waals surface area contributed by atoms with E-state index in [4.69, 9.17) is 113 Å². The first-order valence-electron chi connectivity index (χ1n) is 27.2. The van der Waals surface area contributed by atoms with E-state index >= 15 is 0 Å². The van der Waals surface area contributed by atoms with Crippen molar-refractivity contribution in [2.45, 2.75) is 146 Å². The molecular formula is C52H93Cl2FN13NaO16. The SMILES string of the molecule is CCCCCCCCCCCCNCCNCCNCC(=O)O.NC(=NCCCCCCN=C(N)/N=C(\N)Nc1ccc(Cl)cc1)/N=C(\N)Nc1ccc(Cl)cc1.O=C(O)[C@H](O)[C@@H](O)[C@H](O)[C@H](O)CO.O=C(O)[C@H](O)[C@@H](O)[C@H](O)[C@H](O)CO.[F-].[Na+]. The number of guanidine groups is 4. The van der Waals surface area contributed by atoms with Crippen LogP contribution in [0.5, 0.6) is 0 Å². The van der Waals surface area contributed by atoms with Crippen LogP contribution in [0.2, 0.25) is 10.0 Å². The summed E-state index contributed by atoms with van der Waals surface area (Å²) in [4.78, 5) is 46.9. The molecule has 2 aromatic carbocycles. The first-order valence-corrected chi connectivity index (χ1v) is 28.0. The maximum atomic E-state index is 10.3. The van der Waals surface area contributed by atoms with E-state index in [1.807, 2.05) is 0 Å². The Labute approximate surface area is 527 Å². The number of aliphatic carboxylic acids is 3. The van der Waals surface area contributed by atoms with Gasteiger partial charge in [-0.1, -0.05) is 101 Å². The third-order valence-electron chi connectivity index (χ3n) is 11.3. The van der Waals surface area contributed by atoms with Gasteiger partial charge in [-0.2, -0.15) is 9.98 Å². The van der Waals surface area contributed by atoms with Gasteiger partial charge in [-0.25, -0.2) is 9.59 Å². The summed E-state index contributed by atoms with van der Waals surface area (Å²) in [5.41, 5.74) is 24.8. The minimum absolute atomic E-state index is 0. The predicted octanol–water partition coefficient (Wildman–Crippen LogP) is -6.88. The summed E-state index contributed by atoms with van der Waals surface area (Å²) >= 11 is 11.7. The van der Waals surface area contributed by atoms with Gasteiger partial charge in [0.1, 0.15) is 36.6 Å². The quantitative estimate of drug-likeness (QED) is 0.0129. The van der Waals surface area contributed by atoms with E-state index in [9.17, 15) is 14.4 Å². The van der Waals surface area contributed by atoms with E-state index in [1.54, 1.807) is 48.5 Å². The van der Waals surface area contributed by atoms with Crippen LogP contribution in [0.4, 0.5) is 11.4 Å². The number of hydrogen-bond acceptors (Lipinski definition) is 18. The van der Waals surface area contributed by atoms with Gasteiger partial charge in [-0.3, -0.25) is 14.8 Å². The smallest absolute Gasteiger partial charge is 1.00 e. The van der Waals surface area contributed by atoms with Gasteiger partial charge in [0, 0.05) is 60.7 Å². The molecule has 0 fully saturated rings. The van der Waals surface area contributed by atoms with E-state index in [-0.39, 0.29) is 64.6 Å². The second kappa shape index (κ2) is 55.9. The maximum Gasteiger partial charge on any atom is 1.00 e. The molecule has 0 spiro atoms. The van der Waals surface area contributed by atoms with E-state index in [1.165, 1.54) is 64.2 Å². The average molecular weight is 1270 g/mol. The Morgan fingerprint density at radius 2 is 0.800 bits per heavy atom. The number of benzene rings is 2. The molecule has 0 unspecified atom stereocenters. The fraction of sp³-hybridized carbons (Fsp3) is 0.635. The Hall–Kier alpha value is -4.68. The molecule has 33 heteroatoms. The van der Waals surface area contributed by atoms with Crippen molar-refractivity contribution >= 4 is 76.3 Å². The molecule has 484 valence electrons. The van der Waals surface area contributed by atoms with Crippen molar-refractivity contribution in [1.82, 2.24) is 16.0 Å². The summed E-state index contributed by atoms with van der Waals surface area (Å²) in [6.07, 6.45) is 1.82. The summed E-state index contributed by atoms with van der Waals surface area (Å²) in [6, 6.07) is 14.1. The normalized spacial score (nSPS) is 14.5. The summed E-state index contributed by atoms with van der Waals surface area (Å²) < 4.78 is 0. The molecule has 2 rings (SSSR count). The third kappa shape index (κ3) is 49.1. The number of aliphatic hydroxyl groups is 10. The minimum Gasteiger partial charge on any atom is -1.00 e. The molecule has 0 aliphatic rings. The summed E-state index contributed by atoms with van der Waals surface area (Å²) in [5.74, 6) is -3.69. The molecule has 0 aromatic heterocycles. The fourth-order valence-electron chi connectivity index (χ4n) is 6.57. The van der Waals surface area contributed by atoms with Crippen molar-refractivity contribution < 1.29 is 115 Å². The molecular weight excluding hydrogens is 1180 g/mol. The van der Waals surface area contributed by atoms with Crippen molar-refractivity contribution in [2.24, 2.45) is 42.9 Å². The van der Waals surface area contributed by atoms with Gasteiger partial charge in [0.2, 0.25) is 23.8 Å². The summed E-state index contributed by atoms with van der Waals surface area (Å²) in [6.45, 7) is 6.28. The maximum absolute atomic E-state index is 10.3. The number of carboxylic acid groups (broad SMARTS) is 3. The van der Waals surface area contributed by atoms with Gasteiger partial charge >= 0.3 is 47.5 Å². The van der Waals surface area contributed by atoms with Crippen molar-refractivity contribution in [3.05, 3.63) is 58.6 Å². The van der Waals surface area contributed by atoms with Gasteiger partial charge in [0.05, 0.1) is 19.8 Å². The predicted molar refractivity (Wildman–Crippen MR) is 320 cm³/mol. The first kappa shape index (κ1) is 86.8. The second-order valence-electron chi connectivity index (χ2n) is 18.4. The van der Waals surface area contributed by atoms with Crippen molar-refractivity contribution in [1.29, 1.82) is 0 Å². The van der Waals surface area contributed by atoms with Gasteiger partial charge < -0.3 is 121 Å². The number of unbranched alkanes of at least 4 members (excludes halogenated alkanes) is 12. The number of carbonyl (C=O) groups is 3. The Bertz CT molecular complexity index is 2020. The zero-order valence-electron chi connectivity index (χ0n) is 48.5. The van der Waals surface area contributed by atoms with Crippen LogP contribution in [0.3, 0.4) is 0 Å². The van der Waals surface area contributed by atoms with Crippen LogP contribution in [-0.2, 0) is 14.4 Å². The first-order chi connectivity index (χ1) is 39.4. The largest absolute Gasteiger partial charge is 1.00 e. The minimum atomic E-state index is -2.20. The van der Waals surface area contributed by atoms with Crippen LogP contribution in [0.1, 0.15) is 96.8 Å². The van der Waals surface area contributed by atoms with Gasteiger partial charge in [-0.15, -0.1) is 0 Å². The summed E-state index contributed by atoms with van der Waals surface area (Å²) in [7, 11) is 0. The Kier molecular flexibility index (Phi) is 57.0. The topological polar surface area (TPSA) is 528 Å². The number of aliphatic imine (C=N–C) groups is 4. The zero-order chi connectivity index (χ0) is 63.0. The Morgan fingerprint density at radius 3 is 1.13 bits per heavy atom. The molecule has 0 amide bonds. The van der Waals surface area contributed by atoms with E-state index in [0.29, 0.717) is 29.7 Å². The van der Waals surface area contributed by atoms with Gasteiger partial charge in [-0.05, 0) is 74.3 Å². The zero-order valence-corrected chi connectivity index (χ0v) is 52.0. The number of nitrogens with two attached hydrogens (primary N) is 4. The molecule has 0 saturated heterocycles. The van der Waals surface area contributed by atoms with Crippen LogP contribution < -0.4 is 83.8 Å². The number of carboxylic acids is 3. The molecule has 0 aliphatic heterocycles. The Balaban J connectivity index is -0.000000557. The van der Waals surface area contributed by atoms with Gasteiger partial charge in [0.25, 0.3) is 0 Å². The van der Waals surface area contributed by atoms with Gasteiger partial charge in [0.15, 0.2) is 12.2 Å². The molecule has 0 radical (unpaired) electrons. The molecule has 2 aromatic rings. The monoisotopic (exact) mass is 1270 g/mol. The second-order valence-corrected chi connectivity index (χ2v) is 19.3. The van der Waals surface area contributed by atoms with Crippen molar-refractivity contribution in [3.8, 4) is 0 Å². The molecule has 26 N–H and O–H groups in total. The molecule has 0 heterocycles. The number of rotatable bonds is 38. The van der Waals surface area contributed by atoms with Crippen LogP contribution in [0.15, 0.2) is 68.5 Å². The molecule has 0 aliphatic carbocycles. The Morgan fingerprint density at radius 1 is 0.482 bits per heavy atom. The molecule has 8 atom stereocenters. The number of halogens is 3. The van der Waals surface area contributed by atoms with E-state index in [0.717, 1.165) is 63.2 Å². The molecule has 85 heavy (non-hydrogen) atoms. The third-order valence-corrected chi connectivity index (χ3v) is 11.8. The van der Waals surface area contributed by atoms with E-state index in [2.05, 4.69) is 53.5 Å². The fourth-order valence-corrected chi connectivity index (χ4v) is 6.83. The molecule has 0 bridgehead atoms. The van der Waals surface area contributed by atoms with Crippen LogP contribution in [0, 0.1) is 0 Å². The standard InChI is InChI=1S/C22H30Cl2N10.C18H39N3O2.2C6H12O7.FH.Na/c23-15-5-9-17(10-6-15)31-21(27)33-19(25)29-13-3-1-2-4-14-30-20(26)34-22(28)32-18-11-7-16(24)8-12-18;1-2-3-4-5-6-7-8-9-10-11-12-19-13-14-20-15-16-21-17-18(22)23;2*7-1-2(8)3(9)4(10)5(11)6(12)13;;/h5-12H,1-4,13-14H2,(H5,25,27,29,31,33)(H5,26,28,30,32,34);19-21H,2-17H2,1H3,(H,22,23);2*2-5,7-11H,1H2,(H,12,13);1H;/q;;;;;+1/p-1/t;;2*2-,3-,4+,5-;;/m..11../s1. The number of nitrogens with one attached hydrogen (secondary N) is 5. The van der Waals surface area contributed by atoms with Crippen molar-refractivity contribution in [2.75, 3.05) is 76.2 Å². The number of nitrogens with zero attached hydrogens (tertiary/aromatic N) is 4. The number of anilines is 2. The molecule has 0 saturated carbocycles. The van der Waals surface area contributed by atoms with Crippen molar-refractivity contribution in [3.63, 3.8) is 0 Å². The summed E-state index contributed by atoms with van der Waals surface area (Å²) in [5, 5.41) is 129. The number of aliphatic hydroxyl groups excluding tert-OH is 10. The number of hydrogen-bond donors (Lipinski definition) is 22. The van der Waals surface area contributed by atoms with Crippen LogP contribution in [-0.4, -0.2) is 223 Å².